The van der Waals surface area contributed by atoms with Crippen LogP contribution in [0.25, 0.3) is 0 Å². The molecular formula is C13H18N2O2. The van der Waals surface area contributed by atoms with Crippen molar-refractivity contribution in [2.45, 2.75) is 19.8 Å². The molecular weight excluding hydrogens is 216 g/mol. The zero-order chi connectivity index (χ0) is 12.3. The van der Waals surface area contributed by atoms with E-state index in [9.17, 15) is 9.90 Å². The number of carbonyl (C=O) groups excluding carboxylic acids is 1. The molecule has 0 bridgehead atoms. The smallest absolute Gasteiger partial charge is 0.230 e. The van der Waals surface area contributed by atoms with E-state index in [1.54, 1.807) is 24.3 Å². The molecule has 0 unspecified atom stereocenters. The van der Waals surface area contributed by atoms with Crippen molar-refractivity contribution >= 4 is 11.6 Å². The molecule has 3 N–H and O–H groups in total. The van der Waals surface area contributed by atoms with E-state index in [-0.39, 0.29) is 17.1 Å². The molecule has 1 amide bonds. The minimum atomic E-state index is -0.309. The Labute approximate surface area is 101 Å². The predicted octanol–water partition coefficient (Wildman–Crippen LogP) is 1.72. The van der Waals surface area contributed by atoms with Gasteiger partial charge in [0.25, 0.3) is 0 Å². The molecule has 1 fully saturated rings. The van der Waals surface area contributed by atoms with Gasteiger partial charge in [-0.25, -0.2) is 0 Å². The van der Waals surface area contributed by atoms with Crippen LogP contribution in [-0.4, -0.2) is 24.1 Å². The van der Waals surface area contributed by atoms with Crippen LogP contribution in [0.3, 0.4) is 0 Å². The number of aromatic hydroxyl groups is 1. The van der Waals surface area contributed by atoms with E-state index < -0.39 is 0 Å². The summed E-state index contributed by atoms with van der Waals surface area (Å²) in [5, 5.41) is 15.5. The number of rotatable bonds is 2. The molecule has 0 radical (unpaired) electrons. The van der Waals surface area contributed by atoms with Gasteiger partial charge in [0.05, 0.1) is 0 Å². The largest absolute Gasteiger partial charge is 0.508 e. The molecule has 1 aromatic carbocycles. The van der Waals surface area contributed by atoms with Gasteiger partial charge in [-0.05, 0) is 38.1 Å². The molecule has 4 heteroatoms. The van der Waals surface area contributed by atoms with Crippen molar-refractivity contribution in [2.75, 3.05) is 18.4 Å². The number of amides is 1. The summed E-state index contributed by atoms with van der Waals surface area (Å²) in [7, 11) is 0. The summed E-state index contributed by atoms with van der Waals surface area (Å²) in [5.41, 5.74) is 0.339. The highest BCUT2D eigenvalue weighted by atomic mass is 16.3. The summed E-state index contributed by atoms with van der Waals surface area (Å²) in [6, 6.07) is 6.64. The van der Waals surface area contributed by atoms with Crippen LogP contribution < -0.4 is 10.6 Å². The Hall–Kier alpha value is -1.55. The third-order valence-electron chi connectivity index (χ3n) is 3.36. The molecule has 0 aromatic heterocycles. The standard InChI is InChI=1S/C13H18N2O2/c1-13(5-7-14-8-6-13)12(17)15-10-3-2-4-11(16)9-10/h2-4,9,14,16H,5-8H2,1H3,(H,15,17). The molecule has 92 valence electrons. The maximum Gasteiger partial charge on any atom is 0.230 e. The molecule has 0 spiro atoms. The Morgan fingerprint density at radius 3 is 2.76 bits per heavy atom. The van der Waals surface area contributed by atoms with Gasteiger partial charge in [-0.3, -0.25) is 4.79 Å². The van der Waals surface area contributed by atoms with E-state index in [1.807, 2.05) is 6.92 Å². The lowest BCUT2D eigenvalue weighted by Crippen LogP contribution is -2.42. The summed E-state index contributed by atoms with van der Waals surface area (Å²) in [6.07, 6.45) is 1.69. The molecule has 4 nitrogen and oxygen atoms in total. The molecule has 1 saturated heterocycles. The average Bonchev–Trinajstić information content (AvgIpc) is 2.30. The number of hydrogen-bond donors (Lipinski definition) is 3. The molecule has 1 aliphatic rings. The van der Waals surface area contributed by atoms with Crippen molar-refractivity contribution in [3.63, 3.8) is 0 Å². The molecule has 0 atom stereocenters. The summed E-state index contributed by atoms with van der Waals surface area (Å²) >= 11 is 0. The Bertz CT molecular complexity index is 412. The number of anilines is 1. The fraction of sp³-hybridized carbons (Fsp3) is 0.462. The third kappa shape index (κ3) is 2.77. The first-order valence-electron chi connectivity index (χ1n) is 5.91. The number of carbonyl (C=O) groups is 1. The monoisotopic (exact) mass is 234 g/mol. The van der Waals surface area contributed by atoms with Gasteiger partial charge in [0.1, 0.15) is 5.75 Å². The van der Waals surface area contributed by atoms with Crippen LogP contribution in [0.2, 0.25) is 0 Å². The third-order valence-corrected chi connectivity index (χ3v) is 3.36. The second-order valence-corrected chi connectivity index (χ2v) is 4.82. The van der Waals surface area contributed by atoms with E-state index in [1.165, 1.54) is 0 Å². The van der Waals surface area contributed by atoms with Gasteiger partial charge in [-0.1, -0.05) is 13.0 Å². The van der Waals surface area contributed by atoms with Crippen molar-refractivity contribution in [1.29, 1.82) is 0 Å². The number of benzene rings is 1. The van der Waals surface area contributed by atoms with E-state index >= 15 is 0 Å². The highest BCUT2D eigenvalue weighted by Gasteiger charge is 2.34. The fourth-order valence-electron chi connectivity index (χ4n) is 2.07. The zero-order valence-electron chi connectivity index (χ0n) is 9.99. The second-order valence-electron chi connectivity index (χ2n) is 4.82. The number of nitrogens with one attached hydrogen (secondary N) is 2. The number of phenolic OH excluding ortho intramolecular Hbond substituents is 1. The van der Waals surface area contributed by atoms with Gasteiger partial charge in [0.2, 0.25) is 5.91 Å². The lowest BCUT2D eigenvalue weighted by Gasteiger charge is -2.32. The van der Waals surface area contributed by atoms with E-state index in [4.69, 9.17) is 0 Å². The number of hydrogen-bond acceptors (Lipinski definition) is 3. The Kier molecular flexibility index (Phi) is 3.33. The minimum Gasteiger partial charge on any atom is -0.508 e. The van der Waals surface area contributed by atoms with Crippen LogP contribution in [0.4, 0.5) is 5.69 Å². The quantitative estimate of drug-likeness (QED) is 0.730. The Morgan fingerprint density at radius 1 is 1.41 bits per heavy atom. The van der Waals surface area contributed by atoms with Gasteiger partial charge in [0, 0.05) is 17.2 Å². The van der Waals surface area contributed by atoms with Gasteiger partial charge in [-0.2, -0.15) is 0 Å². The van der Waals surface area contributed by atoms with E-state index in [0.717, 1.165) is 25.9 Å². The molecule has 0 saturated carbocycles. The zero-order valence-corrected chi connectivity index (χ0v) is 9.99. The predicted molar refractivity (Wildman–Crippen MR) is 66.9 cm³/mol. The molecule has 1 aliphatic heterocycles. The number of phenols is 1. The Balaban J connectivity index is 2.05. The highest BCUT2D eigenvalue weighted by Crippen LogP contribution is 2.29. The van der Waals surface area contributed by atoms with Crippen LogP contribution in [0.15, 0.2) is 24.3 Å². The summed E-state index contributed by atoms with van der Waals surface area (Å²) in [6.45, 7) is 3.75. The molecule has 2 rings (SSSR count). The second kappa shape index (κ2) is 4.75. The van der Waals surface area contributed by atoms with Crippen LogP contribution in [0.1, 0.15) is 19.8 Å². The Morgan fingerprint density at radius 2 is 2.12 bits per heavy atom. The summed E-state index contributed by atoms with van der Waals surface area (Å²) < 4.78 is 0. The van der Waals surface area contributed by atoms with Crippen molar-refractivity contribution < 1.29 is 9.90 Å². The molecule has 1 aromatic rings. The van der Waals surface area contributed by atoms with Gasteiger partial charge >= 0.3 is 0 Å². The summed E-state index contributed by atoms with van der Waals surface area (Å²) in [5.74, 6) is 0.197. The normalized spacial score (nSPS) is 18.6. The average molecular weight is 234 g/mol. The maximum atomic E-state index is 12.2. The lowest BCUT2D eigenvalue weighted by molar-refractivity contribution is -0.126. The lowest BCUT2D eigenvalue weighted by atomic mass is 9.80. The van der Waals surface area contributed by atoms with Crippen LogP contribution in [0, 0.1) is 5.41 Å². The van der Waals surface area contributed by atoms with E-state index in [2.05, 4.69) is 10.6 Å². The van der Waals surface area contributed by atoms with Crippen LogP contribution in [0.5, 0.6) is 5.75 Å². The van der Waals surface area contributed by atoms with Crippen LogP contribution in [-0.2, 0) is 4.79 Å². The molecule has 17 heavy (non-hydrogen) atoms. The SMILES string of the molecule is CC1(C(=O)Nc2cccc(O)c2)CCNCC1. The number of piperidine rings is 1. The maximum absolute atomic E-state index is 12.2. The topological polar surface area (TPSA) is 61.4 Å². The van der Waals surface area contributed by atoms with Gasteiger partial charge in [-0.15, -0.1) is 0 Å². The molecule has 0 aliphatic carbocycles. The van der Waals surface area contributed by atoms with Crippen LogP contribution >= 0.6 is 0 Å². The first-order chi connectivity index (χ1) is 8.10. The first-order valence-corrected chi connectivity index (χ1v) is 5.91. The van der Waals surface area contributed by atoms with Crippen molar-refractivity contribution in [2.24, 2.45) is 5.41 Å². The first kappa shape index (κ1) is 11.9. The van der Waals surface area contributed by atoms with Gasteiger partial charge in [0.15, 0.2) is 0 Å². The van der Waals surface area contributed by atoms with E-state index in [0.29, 0.717) is 5.69 Å². The highest BCUT2D eigenvalue weighted by molar-refractivity contribution is 5.95. The minimum absolute atomic E-state index is 0.0320. The fourth-order valence-corrected chi connectivity index (χ4v) is 2.07. The van der Waals surface area contributed by atoms with Crippen molar-refractivity contribution in [1.82, 2.24) is 5.32 Å². The molecule has 1 heterocycles. The van der Waals surface area contributed by atoms with Crippen molar-refractivity contribution in [3.05, 3.63) is 24.3 Å². The van der Waals surface area contributed by atoms with Gasteiger partial charge < -0.3 is 15.7 Å². The van der Waals surface area contributed by atoms with Crippen molar-refractivity contribution in [3.8, 4) is 5.75 Å². The summed E-state index contributed by atoms with van der Waals surface area (Å²) in [4.78, 5) is 12.2.